The number of aromatic nitrogens is 3. The van der Waals surface area contributed by atoms with E-state index >= 15 is 0 Å². The maximum atomic E-state index is 13.7. The fourth-order valence-corrected chi connectivity index (χ4v) is 4.49. The van der Waals surface area contributed by atoms with Crippen molar-refractivity contribution in [3.8, 4) is 61.5 Å². The molecule has 0 aliphatic heterocycles. The van der Waals surface area contributed by atoms with Gasteiger partial charge in [-0.2, -0.15) is 0 Å². The fraction of sp³-hybridized carbons (Fsp3) is 0. The van der Waals surface area contributed by atoms with Gasteiger partial charge in [0.15, 0.2) is 0 Å². The van der Waals surface area contributed by atoms with E-state index in [-0.39, 0.29) is 57.1 Å². The van der Waals surface area contributed by atoms with Gasteiger partial charge in [0.1, 0.15) is 0 Å². The van der Waals surface area contributed by atoms with Gasteiger partial charge in [0.2, 0.25) is 0 Å². The summed E-state index contributed by atoms with van der Waals surface area (Å²) in [5, 5.41) is 13.7. The molecule has 6 rings (SSSR count). The molecule has 4 nitrogen and oxygen atoms in total. The first kappa shape index (κ1) is 26.2. The standard InChI is InChI=1S/C33H23N3O.K/c37-33-30(26-14-12-24(13-15-26)28-6-4-17-35-22-28)19-29(20-31(33)32-7-1-2-18-36-32)25-10-8-23(9-11-25)27-5-3-16-34-21-27;/h1-22,37H;/q;+1/p-1. The SMILES string of the molecule is [K+].[O-]c1c(-c2ccc(-c3cccnc3)cc2)cc(-c2ccc(-c3cccnc3)cc2)cc1-c1ccccn1. The Hall–Kier alpha value is -3.45. The maximum Gasteiger partial charge on any atom is 1.00 e. The molecule has 3 aromatic heterocycles. The molecule has 6 aromatic rings. The van der Waals surface area contributed by atoms with Crippen LogP contribution in [0.2, 0.25) is 0 Å². The van der Waals surface area contributed by atoms with Crippen LogP contribution in [0.25, 0.3) is 55.8 Å². The second-order valence-corrected chi connectivity index (χ2v) is 8.75. The van der Waals surface area contributed by atoms with Crippen molar-refractivity contribution in [1.82, 2.24) is 15.0 Å². The predicted octanol–water partition coefficient (Wildman–Crippen LogP) is 4.28. The van der Waals surface area contributed by atoms with Gasteiger partial charge in [-0.25, -0.2) is 0 Å². The zero-order valence-corrected chi connectivity index (χ0v) is 24.1. The van der Waals surface area contributed by atoms with Crippen LogP contribution in [0.3, 0.4) is 0 Å². The molecule has 0 amide bonds. The van der Waals surface area contributed by atoms with Gasteiger partial charge in [-0.1, -0.05) is 72.5 Å². The molecular weight excluding hydrogens is 493 g/mol. The van der Waals surface area contributed by atoms with Gasteiger partial charge in [0, 0.05) is 31.0 Å². The Morgan fingerprint density at radius 1 is 0.447 bits per heavy atom. The van der Waals surface area contributed by atoms with Crippen LogP contribution < -0.4 is 56.5 Å². The number of hydrogen-bond donors (Lipinski definition) is 0. The van der Waals surface area contributed by atoms with Crippen molar-refractivity contribution < 1.29 is 56.5 Å². The van der Waals surface area contributed by atoms with Crippen LogP contribution >= 0.6 is 0 Å². The van der Waals surface area contributed by atoms with Crippen LogP contribution in [0, 0.1) is 0 Å². The van der Waals surface area contributed by atoms with Gasteiger partial charge in [-0.15, -0.1) is 0 Å². The molecular formula is C33H22KN3O. The van der Waals surface area contributed by atoms with E-state index in [1.54, 1.807) is 18.6 Å². The number of nitrogens with zero attached hydrogens (tertiary/aromatic N) is 3. The Morgan fingerprint density at radius 2 is 0.974 bits per heavy atom. The molecule has 3 aromatic carbocycles. The molecule has 0 N–H and O–H groups in total. The molecule has 0 bridgehead atoms. The minimum absolute atomic E-state index is 0. The van der Waals surface area contributed by atoms with Crippen LogP contribution in [0.4, 0.5) is 0 Å². The number of rotatable bonds is 5. The smallest absolute Gasteiger partial charge is 0.872 e. The van der Waals surface area contributed by atoms with Crippen molar-refractivity contribution in [2.45, 2.75) is 0 Å². The van der Waals surface area contributed by atoms with Gasteiger partial charge in [-0.3, -0.25) is 15.0 Å². The van der Waals surface area contributed by atoms with Crippen molar-refractivity contribution in [2.75, 3.05) is 0 Å². The zero-order valence-electron chi connectivity index (χ0n) is 21.0. The van der Waals surface area contributed by atoms with Gasteiger partial charge in [0.25, 0.3) is 0 Å². The summed E-state index contributed by atoms with van der Waals surface area (Å²) in [4.78, 5) is 12.9. The molecule has 38 heavy (non-hydrogen) atoms. The largest absolute Gasteiger partial charge is 1.00 e. The van der Waals surface area contributed by atoms with Crippen molar-refractivity contribution in [2.24, 2.45) is 0 Å². The molecule has 0 atom stereocenters. The Morgan fingerprint density at radius 3 is 1.47 bits per heavy atom. The minimum Gasteiger partial charge on any atom is -0.872 e. The molecule has 0 aliphatic rings. The average molecular weight is 516 g/mol. The Bertz CT molecular complexity index is 1640. The summed E-state index contributed by atoms with van der Waals surface area (Å²) < 4.78 is 0. The third kappa shape index (κ3) is 5.53. The first-order valence-electron chi connectivity index (χ1n) is 12.0. The predicted molar refractivity (Wildman–Crippen MR) is 146 cm³/mol. The topological polar surface area (TPSA) is 61.7 Å². The first-order valence-corrected chi connectivity index (χ1v) is 12.0. The van der Waals surface area contributed by atoms with E-state index in [4.69, 9.17) is 0 Å². The van der Waals surface area contributed by atoms with Crippen LogP contribution in [-0.2, 0) is 0 Å². The molecule has 5 heteroatoms. The van der Waals surface area contributed by atoms with Gasteiger partial charge in [-0.05, 0) is 86.5 Å². The molecule has 3 heterocycles. The Kier molecular flexibility index (Phi) is 8.22. The minimum atomic E-state index is -0.0384. The van der Waals surface area contributed by atoms with E-state index in [2.05, 4.69) is 39.2 Å². The van der Waals surface area contributed by atoms with E-state index in [0.29, 0.717) is 16.8 Å². The number of hydrogen-bond acceptors (Lipinski definition) is 4. The van der Waals surface area contributed by atoms with Gasteiger partial charge >= 0.3 is 51.4 Å². The molecule has 0 spiro atoms. The number of benzene rings is 3. The maximum absolute atomic E-state index is 13.7. The molecule has 0 radical (unpaired) electrons. The molecule has 0 unspecified atom stereocenters. The summed E-state index contributed by atoms with van der Waals surface area (Å²) in [5.41, 5.74) is 8.99. The fourth-order valence-electron chi connectivity index (χ4n) is 4.49. The van der Waals surface area contributed by atoms with E-state index in [1.807, 2.05) is 91.3 Å². The van der Waals surface area contributed by atoms with E-state index < -0.39 is 0 Å². The normalized spacial score (nSPS) is 10.5. The molecule has 0 saturated heterocycles. The quantitative estimate of drug-likeness (QED) is 0.322. The van der Waals surface area contributed by atoms with E-state index in [0.717, 1.165) is 38.9 Å². The van der Waals surface area contributed by atoms with Crippen molar-refractivity contribution in [3.05, 3.63) is 134 Å². The van der Waals surface area contributed by atoms with E-state index in [1.165, 1.54) is 0 Å². The Labute approximate surface area is 264 Å². The monoisotopic (exact) mass is 515 g/mol. The Balaban J connectivity index is 0.00000294. The molecule has 0 aliphatic carbocycles. The van der Waals surface area contributed by atoms with Crippen molar-refractivity contribution >= 4 is 0 Å². The van der Waals surface area contributed by atoms with Gasteiger partial charge < -0.3 is 5.11 Å². The van der Waals surface area contributed by atoms with Crippen LogP contribution in [0.5, 0.6) is 5.75 Å². The van der Waals surface area contributed by atoms with Crippen LogP contribution in [0.1, 0.15) is 0 Å². The second-order valence-electron chi connectivity index (χ2n) is 8.75. The summed E-state index contributed by atoms with van der Waals surface area (Å²) in [6, 6.07) is 33.9. The molecule has 0 fully saturated rings. The summed E-state index contributed by atoms with van der Waals surface area (Å²) in [6.45, 7) is 0. The summed E-state index contributed by atoms with van der Waals surface area (Å²) in [5.74, 6) is -0.0384. The third-order valence-electron chi connectivity index (χ3n) is 6.43. The third-order valence-corrected chi connectivity index (χ3v) is 6.43. The second kappa shape index (κ2) is 11.9. The summed E-state index contributed by atoms with van der Waals surface area (Å²) in [7, 11) is 0. The summed E-state index contributed by atoms with van der Waals surface area (Å²) in [6.07, 6.45) is 8.94. The van der Waals surface area contributed by atoms with Gasteiger partial charge in [0.05, 0.1) is 5.69 Å². The van der Waals surface area contributed by atoms with Crippen LogP contribution in [0.15, 0.2) is 134 Å². The average Bonchev–Trinajstić information content (AvgIpc) is 2.99. The molecule has 176 valence electrons. The molecule has 0 saturated carbocycles. The van der Waals surface area contributed by atoms with Crippen molar-refractivity contribution in [1.29, 1.82) is 0 Å². The zero-order chi connectivity index (χ0) is 25.0. The van der Waals surface area contributed by atoms with Crippen molar-refractivity contribution in [3.63, 3.8) is 0 Å². The number of pyridine rings is 3. The van der Waals surface area contributed by atoms with Crippen LogP contribution in [-0.4, -0.2) is 15.0 Å². The van der Waals surface area contributed by atoms with E-state index in [9.17, 15) is 5.11 Å². The first-order chi connectivity index (χ1) is 18.3. The summed E-state index contributed by atoms with van der Waals surface area (Å²) >= 11 is 0.